The number of alkyl halides is 1. The first-order valence-electron chi connectivity index (χ1n) is 21.5. The number of amides is 3. The molecule has 18 heteroatoms. The molecule has 0 bridgehead atoms. The summed E-state index contributed by atoms with van der Waals surface area (Å²) in [5, 5.41) is 2.69. The monoisotopic (exact) mass is 894 g/mol. The Morgan fingerprint density at radius 1 is 0.953 bits per heavy atom. The van der Waals surface area contributed by atoms with Crippen molar-refractivity contribution in [2.45, 2.75) is 57.3 Å². The van der Waals surface area contributed by atoms with E-state index >= 15 is 8.78 Å². The number of hydrogen-bond acceptors (Lipinski definition) is 9. The molecule has 5 aromatic rings. The molecule has 5 aliphatic rings. The Hall–Kier alpha value is -6.11. The van der Waals surface area contributed by atoms with Crippen molar-refractivity contribution in [2.75, 3.05) is 55.4 Å². The second-order valence-electron chi connectivity index (χ2n) is 17.7. The first kappa shape index (κ1) is 41.9. The number of pyridine rings is 1. The predicted molar refractivity (Wildman–Crippen MR) is 231 cm³/mol. The summed E-state index contributed by atoms with van der Waals surface area (Å²) in [7, 11) is -4.35. The van der Waals surface area contributed by atoms with Crippen molar-refractivity contribution in [2.24, 2.45) is 5.41 Å². The van der Waals surface area contributed by atoms with E-state index in [0.29, 0.717) is 35.1 Å². The third kappa shape index (κ3) is 7.70. The number of piperidine rings is 1. The van der Waals surface area contributed by atoms with Gasteiger partial charge in [0.2, 0.25) is 17.6 Å². The molecule has 7 heterocycles. The molecule has 332 valence electrons. The number of aromatic amines is 1. The maximum atomic E-state index is 15.8. The Morgan fingerprint density at radius 2 is 1.77 bits per heavy atom. The molecule has 0 saturated carbocycles. The van der Waals surface area contributed by atoms with Crippen LogP contribution in [0.2, 0.25) is 0 Å². The highest BCUT2D eigenvalue weighted by atomic mass is 32.2. The second-order valence-corrected chi connectivity index (χ2v) is 19.4. The minimum absolute atomic E-state index is 0.00340. The van der Waals surface area contributed by atoms with E-state index in [-0.39, 0.29) is 48.7 Å². The number of nitrogens with zero attached hydrogens (tertiary/aromatic N) is 5. The number of likely N-dealkylation sites (tertiary alicyclic amines) is 1. The summed E-state index contributed by atoms with van der Waals surface area (Å²) in [6.07, 6.45) is 5.15. The lowest BCUT2D eigenvalue weighted by molar-refractivity contribution is -0.136. The van der Waals surface area contributed by atoms with E-state index in [1.165, 1.54) is 6.20 Å². The van der Waals surface area contributed by atoms with E-state index in [4.69, 9.17) is 0 Å². The zero-order chi connectivity index (χ0) is 44.5. The van der Waals surface area contributed by atoms with Gasteiger partial charge in [-0.1, -0.05) is 24.3 Å². The minimum atomic E-state index is -4.35. The normalized spacial score (nSPS) is 21.2. The van der Waals surface area contributed by atoms with Crippen LogP contribution < -0.4 is 14.9 Å². The SMILES string of the molecule is O=C1CCC(N2Cc3cc(CCCN4CC5(CCN(c6ccc(-c7cnc8[nH]cc(C(=O)c9c(F)ccc(NS(=O)(=O)N%10CC[C@@H](F)C%10)c9F)c8c7)cc6)C5)C4)ccc3C2=O)C(=O)N1. The molecule has 64 heavy (non-hydrogen) atoms. The lowest BCUT2D eigenvalue weighted by Gasteiger charge is -2.48. The first-order chi connectivity index (χ1) is 30.7. The lowest BCUT2D eigenvalue weighted by Crippen LogP contribution is -2.57. The fourth-order valence-corrected chi connectivity index (χ4v) is 11.3. The number of ketones is 1. The van der Waals surface area contributed by atoms with Gasteiger partial charge in [-0.2, -0.15) is 12.7 Å². The molecule has 5 aliphatic heterocycles. The fraction of sp³-hybridized carbons (Fsp3) is 0.370. The van der Waals surface area contributed by atoms with Gasteiger partial charge in [0.15, 0.2) is 5.82 Å². The van der Waals surface area contributed by atoms with Crippen molar-refractivity contribution in [3.63, 3.8) is 0 Å². The molecule has 1 unspecified atom stereocenters. The predicted octanol–water partition coefficient (Wildman–Crippen LogP) is 5.35. The van der Waals surface area contributed by atoms with Gasteiger partial charge in [0.25, 0.3) is 5.91 Å². The van der Waals surface area contributed by atoms with Crippen LogP contribution in [0.15, 0.2) is 73.1 Å². The maximum Gasteiger partial charge on any atom is 0.301 e. The molecule has 3 N–H and O–H groups in total. The number of carbonyl (C=O) groups is 4. The Morgan fingerprint density at radius 3 is 2.53 bits per heavy atom. The number of H-pyrrole nitrogens is 1. The van der Waals surface area contributed by atoms with Gasteiger partial charge in [-0.3, -0.25) is 29.2 Å². The van der Waals surface area contributed by atoms with Crippen LogP contribution in [0.1, 0.15) is 69.5 Å². The fourth-order valence-electron chi connectivity index (χ4n) is 10.1. The van der Waals surface area contributed by atoms with Gasteiger partial charge >= 0.3 is 10.2 Å². The molecule has 2 aromatic heterocycles. The topological polar surface area (TPSA) is 168 Å². The summed E-state index contributed by atoms with van der Waals surface area (Å²) in [6, 6.07) is 16.8. The van der Waals surface area contributed by atoms with Crippen LogP contribution in [-0.2, 0) is 32.8 Å². The summed E-state index contributed by atoms with van der Waals surface area (Å²) >= 11 is 0. The number of nitrogens with one attached hydrogen (secondary N) is 3. The van der Waals surface area contributed by atoms with Crippen LogP contribution in [0, 0.1) is 17.0 Å². The highest BCUT2D eigenvalue weighted by Crippen LogP contribution is 2.42. The number of imide groups is 1. The molecule has 0 aliphatic carbocycles. The summed E-state index contributed by atoms with van der Waals surface area (Å²) < 4.78 is 73.1. The van der Waals surface area contributed by atoms with E-state index < -0.39 is 57.0 Å². The van der Waals surface area contributed by atoms with E-state index in [0.717, 1.165) is 90.8 Å². The van der Waals surface area contributed by atoms with Crippen LogP contribution in [0.5, 0.6) is 0 Å². The van der Waals surface area contributed by atoms with E-state index in [1.54, 1.807) is 17.2 Å². The minimum Gasteiger partial charge on any atom is -0.371 e. The van der Waals surface area contributed by atoms with Crippen molar-refractivity contribution >= 4 is 56.1 Å². The Kier molecular flexibility index (Phi) is 10.6. The smallest absolute Gasteiger partial charge is 0.301 e. The molecule has 14 nitrogen and oxygen atoms in total. The zero-order valence-corrected chi connectivity index (χ0v) is 35.5. The number of carbonyl (C=O) groups excluding carboxylic acids is 4. The molecule has 1 spiro atoms. The Balaban J connectivity index is 0.741. The zero-order valence-electron chi connectivity index (χ0n) is 34.7. The highest BCUT2D eigenvalue weighted by molar-refractivity contribution is 7.90. The number of rotatable bonds is 12. The van der Waals surface area contributed by atoms with Crippen molar-refractivity contribution in [3.8, 4) is 11.1 Å². The van der Waals surface area contributed by atoms with Crippen molar-refractivity contribution in [1.82, 2.24) is 29.4 Å². The van der Waals surface area contributed by atoms with Gasteiger partial charge < -0.3 is 19.7 Å². The van der Waals surface area contributed by atoms with Gasteiger partial charge in [0.05, 0.1) is 11.3 Å². The standard InChI is InChI=1S/C46H45F3N8O6S/c47-31-13-16-56(23-31)64(62,63)53-37-10-9-36(48)40(41(37)49)42(59)35-21-51-43-34(35)19-29(20-50-43)28-4-6-32(7-5-28)55-17-14-46(26-55)24-54(25-46)15-1-2-27-3-8-33-30(18-27)22-57(45(33)61)38-11-12-39(58)52-44(38)60/h3-10,18-21,31,38,53H,1-2,11-17,22-26H2,(H,50,51)(H,52,58,60)/t31-,38?/m1/s1. The molecule has 0 radical (unpaired) electrons. The summed E-state index contributed by atoms with van der Waals surface area (Å²) in [6.45, 7) is 4.80. The molecule has 3 amide bonds. The van der Waals surface area contributed by atoms with Gasteiger partial charge in [0, 0.05) is 97.8 Å². The second kappa shape index (κ2) is 16.2. The Labute approximate surface area is 367 Å². The molecule has 4 fully saturated rings. The largest absolute Gasteiger partial charge is 0.371 e. The van der Waals surface area contributed by atoms with Gasteiger partial charge in [-0.15, -0.1) is 0 Å². The highest BCUT2D eigenvalue weighted by Gasteiger charge is 2.47. The molecular formula is C46H45F3N8O6S. The third-order valence-electron chi connectivity index (χ3n) is 13.4. The van der Waals surface area contributed by atoms with E-state index in [2.05, 4.69) is 43.3 Å². The van der Waals surface area contributed by atoms with Gasteiger partial charge in [-0.05, 0) is 91.7 Å². The molecule has 2 atom stereocenters. The summed E-state index contributed by atoms with van der Waals surface area (Å²) in [5.74, 6) is -4.42. The quantitative estimate of drug-likeness (QED) is 0.111. The lowest BCUT2D eigenvalue weighted by atomic mass is 9.79. The van der Waals surface area contributed by atoms with Crippen molar-refractivity contribution in [3.05, 3.63) is 113 Å². The average Bonchev–Trinajstić information content (AvgIpc) is 4.07. The van der Waals surface area contributed by atoms with Gasteiger partial charge in [0.1, 0.15) is 23.7 Å². The molecule has 4 saturated heterocycles. The number of fused-ring (bicyclic) bond motifs is 2. The number of aryl methyl sites for hydroxylation is 1. The maximum absolute atomic E-state index is 15.8. The van der Waals surface area contributed by atoms with E-state index in [1.807, 2.05) is 29.0 Å². The molecule has 3 aromatic carbocycles. The van der Waals surface area contributed by atoms with Crippen LogP contribution in [0.3, 0.4) is 0 Å². The van der Waals surface area contributed by atoms with E-state index in [9.17, 15) is 32.0 Å². The molecule has 10 rings (SSSR count). The summed E-state index contributed by atoms with van der Waals surface area (Å²) in [4.78, 5) is 64.7. The number of halogens is 3. The van der Waals surface area contributed by atoms with Crippen LogP contribution in [0.25, 0.3) is 22.2 Å². The number of aromatic nitrogens is 2. The van der Waals surface area contributed by atoms with Crippen LogP contribution in [0.4, 0.5) is 24.5 Å². The summed E-state index contributed by atoms with van der Waals surface area (Å²) in [5.41, 5.74) is 4.26. The van der Waals surface area contributed by atoms with Gasteiger partial charge in [-0.25, -0.2) is 18.2 Å². The third-order valence-corrected chi connectivity index (χ3v) is 14.9. The van der Waals surface area contributed by atoms with Crippen LogP contribution >= 0.6 is 0 Å². The first-order valence-corrected chi connectivity index (χ1v) is 22.9. The van der Waals surface area contributed by atoms with Crippen molar-refractivity contribution < 1.29 is 40.8 Å². The number of benzene rings is 3. The Bertz CT molecular complexity index is 2850. The van der Waals surface area contributed by atoms with Crippen LogP contribution in [-0.4, -0.2) is 114 Å². The van der Waals surface area contributed by atoms with Crippen molar-refractivity contribution in [1.29, 1.82) is 0 Å². The molecular weight excluding hydrogens is 850 g/mol. The average molecular weight is 895 g/mol. The number of hydrogen-bond donors (Lipinski definition) is 3. The number of anilines is 2.